The number of carbonyl (C=O) groups is 2. The van der Waals surface area contributed by atoms with Gasteiger partial charge in [0.2, 0.25) is 11.8 Å². The molecule has 0 spiro atoms. The van der Waals surface area contributed by atoms with Gasteiger partial charge < -0.3 is 10.2 Å². The lowest BCUT2D eigenvalue weighted by Crippen LogP contribution is -2.57. The standard InChI is InChI=1S/C13H18N2O2S/c1-4-11-13(17)15(7-12(16)14-11)6-10-5-8(2)9(3)18-10/h5,11H,4,6-7H2,1-3H3,(H,14,16). The fourth-order valence-corrected chi connectivity index (χ4v) is 3.17. The summed E-state index contributed by atoms with van der Waals surface area (Å²) in [6.07, 6.45) is 0.642. The molecule has 0 aliphatic carbocycles. The lowest BCUT2D eigenvalue weighted by molar-refractivity contribution is -0.144. The first-order chi connectivity index (χ1) is 8.51. The number of nitrogens with zero attached hydrogens (tertiary/aromatic N) is 1. The van der Waals surface area contributed by atoms with Crippen LogP contribution in [0.1, 0.15) is 28.7 Å². The van der Waals surface area contributed by atoms with E-state index in [0.29, 0.717) is 13.0 Å². The average molecular weight is 266 g/mol. The number of amides is 2. The van der Waals surface area contributed by atoms with E-state index in [1.165, 1.54) is 10.4 Å². The Kier molecular flexibility index (Phi) is 3.71. The maximum absolute atomic E-state index is 12.1. The molecule has 98 valence electrons. The molecule has 1 fully saturated rings. The van der Waals surface area contributed by atoms with E-state index in [1.54, 1.807) is 16.2 Å². The Morgan fingerprint density at radius 3 is 2.72 bits per heavy atom. The first kappa shape index (κ1) is 13.1. The van der Waals surface area contributed by atoms with Gasteiger partial charge in [-0.05, 0) is 31.9 Å². The third-order valence-electron chi connectivity index (χ3n) is 3.25. The van der Waals surface area contributed by atoms with Crippen molar-refractivity contribution >= 4 is 23.2 Å². The van der Waals surface area contributed by atoms with Crippen LogP contribution in [0.25, 0.3) is 0 Å². The molecule has 1 aromatic heterocycles. The van der Waals surface area contributed by atoms with Crippen molar-refractivity contribution in [1.82, 2.24) is 10.2 Å². The minimum atomic E-state index is -0.353. The summed E-state index contributed by atoms with van der Waals surface area (Å²) >= 11 is 1.69. The lowest BCUT2D eigenvalue weighted by atomic mass is 10.1. The van der Waals surface area contributed by atoms with Gasteiger partial charge in [0.15, 0.2) is 0 Å². The third kappa shape index (κ3) is 2.56. The summed E-state index contributed by atoms with van der Waals surface area (Å²) in [5.74, 6) is -0.0349. The molecule has 1 aliphatic heterocycles. The van der Waals surface area contributed by atoms with Crippen LogP contribution in [-0.4, -0.2) is 29.3 Å². The van der Waals surface area contributed by atoms with E-state index in [1.807, 2.05) is 6.92 Å². The van der Waals surface area contributed by atoms with Crippen molar-refractivity contribution < 1.29 is 9.59 Å². The summed E-state index contributed by atoms with van der Waals surface area (Å²) in [6, 6.07) is 1.74. The van der Waals surface area contributed by atoms with E-state index in [4.69, 9.17) is 0 Å². The fourth-order valence-electron chi connectivity index (χ4n) is 2.10. The van der Waals surface area contributed by atoms with Gasteiger partial charge in [0.25, 0.3) is 0 Å². The van der Waals surface area contributed by atoms with Crippen molar-refractivity contribution in [1.29, 1.82) is 0 Å². The summed E-state index contributed by atoms with van der Waals surface area (Å²) in [5, 5.41) is 2.72. The molecule has 2 heterocycles. The van der Waals surface area contributed by atoms with E-state index in [-0.39, 0.29) is 24.4 Å². The number of nitrogens with one attached hydrogen (secondary N) is 1. The number of hydrogen-bond donors (Lipinski definition) is 1. The fraction of sp³-hybridized carbons (Fsp3) is 0.538. The van der Waals surface area contributed by atoms with Crippen LogP contribution in [0.3, 0.4) is 0 Å². The van der Waals surface area contributed by atoms with Crippen molar-refractivity contribution in [2.24, 2.45) is 0 Å². The molecule has 1 aromatic rings. The highest BCUT2D eigenvalue weighted by Gasteiger charge is 2.31. The molecule has 4 nitrogen and oxygen atoms in total. The smallest absolute Gasteiger partial charge is 0.245 e. The molecule has 18 heavy (non-hydrogen) atoms. The molecule has 0 saturated carbocycles. The van der Waals surface area contributed by atoms with Crippen LogP contribution < -0.4 is 5.32 Å². The van der Waals surface area contributed by atoms with Crippen molar-refractivity contribution in [2.45, 2.75) is 39.8 Å². The molecule has 0 aromatic carbocycles. The number of piperazine rings is 1. The molecule has 1 atom stereocenters. The second-order valence-electron chi connectivity index (χ2n) is 4.67. The molecule has 1 unspecified atom stereocenters. The number of rotatable bonds is 3. The van der Waals surface area contributed by atoms with Crippen molar-refractivity contribution in [3.8, 4) is 0 Å². The molecule has 2 rings (SSSR count). The summed E-state index contributed by atoms with van der Waals surface area (Å²) in [4.78, 5) is 27.7. The third-order valence-corrected chi connectivity index (χ3v) is 4.39. The maximum atomic E-state index is 12.1. The Morgan fingerprint density at radius 2 is 2.17 bits per heavy atom. The first-order valence-electron chi connectivity index (χ1n) is 6.15. The van der Waals surface area contributed by atoms with Crippen LogP contribution >= 0.6 is 11.3 Å². The summed E-state index contributed by atoms with van der Waals surface area (Å²) in [7, 11) is 0. The minimum absolute atomic E-state index is 0.0285. The summed E-state index contributed by atoms with van der Waals surface area (Å²) < 4.78 is 0. The largest absolute Gasteiger partial charge is 0.343 e. The van der Waals surface area contributed by atoms with Crippen LogP contribution in [0.2, 0.25) is 0 Å². The van der Waals surface area contributed by atoms with Gasteiger partial charge >= 0.3 is 0 Å². The molecule has 0 bridgehead atoms. The van der Waals surface area contributed by atoms with Crippen LogP contribution in [0.4, 0.5) is 0 Å². The van der Waals surface area contributed by atoms with Crippen molar-refractivity contribution in [3.63, 3.8) is 0 Å². The normalized spacial score (nSPS) is 20.2. The quantitative estimate of drug-likeness (QED) is 0.903. The maximum Gasteiger partial charge on any atom is 0.245 e. The minimum Gasteiger partial charge on any atom is -0.343 e. The Morgan fingerprint density at radius 1 is 1.44 bits per heavy atom. The van der Waals surface area contributed by atoms with Gasteiger partial charge in [0.05, 0.1) is 13.1 Å². The predicted octanol–water partition coefficient (Wildman–Crippen LogP) is 1.60. The average Bonchev–Trinajstić information content (AvgIpc) is 2.62. The number of aryl methyl sites for hydroxylation is 2. The van der Waals surface area contributed by atoms with Gasteiger partial charge in [-0.25, -0.2) is 0 Å². The lowest BCUT2D eigenvalue weighted by Gasteiger charge is -2.31. The zero-order valence-electron chi connectivity index (χ0n) is 10.9. The molecule has 2 amide bonds. The number of thiophene rings is 1. The van der Waals surface area contributed by atoms with Gasteiger partial charge in [-0.2, -0.15) is 0 Å². The molecule has 1 N–H and O–H groups in total. The van der Waals surface area contributed by atoms with Gasteiger partial charge in [-0.3, -0.25) is 9.59 Å². The van der Waals surface area contributed by atoms with Crippen molar-refractivity contribution in [3.05, 3.63) is 21.4 Å². The molecule has 0 radical (unpaired) electrons. The van der Waals surface area contributed by atoms with E-state index < -0.39 is 0 Å². The van der Waals surface area contributed by atoms with Crippen LogP contribution in [-0.2, 0) is 16.1 Å². The molecular weight excluding hydrogens is 248 g/mol. The number of hydrogen-bond acceptors (Lipinski definition) is 3. The Balaban J connectivity index is 2.12. The van der Waals surface area contributed by atoms with Crippen LogP contribution in [0, 0.1) is 13.8 Å². The van der Waals surface area contributed by atoms with Gasteiger partial charge in [-0.1, -0.05) is 6.92 Å². The van der Waals surface area contributed by atoms with Gasteiger partial charge in [-0.15, -0.1) is 11.3 Å². The van der Waals surface area contributed by atoms with E-state index in [0.717, 1.165) is 4.88 Å². The van der Waals surface area contributed by atoms with E-state index in [2.05, 4.69) is 25.2 Å². The van der Waals surface area contributed by atoms with Crippen LogP contribution in [0.15, 0.2) is 6.07 Å². The molecule has 1 aliphatic rings. The Labute approximate surface area is 111 Å². The SMILES string of the molecule is CCC1NC(=O)CN(Cc2cc(C)c(C)s2)C1=O. The van der Waals surface area contributed by atoms with Crippen molar-refractivity contribution in [2.75, 3.05) is 6.54 Å². The molecule has 1 saturated heterocycles. The topological polar surface area (TPSA) is 49.4 Å². The highest BCUT2D eigenvalue weighted by Crippen LogP contribution is 2.22. The predicted molar refractivity (Wildman–Crippen MR) is 71.4 cm³/mol. The molecular formula is C13H18N2O2S. The van der Waals surface area contributed by atoms with Gasteiger partial charge in [0, 0.05) is 9.75 Å². The highest BCUT2D eigenvalue weighted by molar-refractivity contribution is 7.12. The Bertz CT molecular complexity index is 462. The number of carbonyl (C=O) groups excluding carboxylic acids is 2. The van der Waals surface area contributed by atoms with E-state index >= 15 is 0 Å². The first-order valence-corrected chi connectivity index (χ1v) is 6.97. The zero-order valence-corrected chi connectivity index (χ0v) is 11.8. The highest BCUT2D eigenvalue weighted by atomic mass is 32.1. The monoisotopic (exact) mass is 266 g/mol. The molecule has 5 heteroatoms. The zero-order chi connectivity index (χ0) is 13.3. The Hall–Kier alpha value is -1.36. The second kappa shape index (κ2) is 5.10. The summed E-state index contributed by atoms with van der Waals surface area (Å²) in [5.41, 5.74) is 1.25. The van der Waals surface area contributed by atoms with E-state index in [9.17, 15) is 9.59 Å². The van der Waals surface area contributed by atoms with Gasteiger partial charge in [0.1, 0.15) is 6.04 Å². The van der Waals surface area contributed by atoms with Crippen LogP contribution in [0.5, 0.6) is 0 Å². The second-order valence-corrected chi connectivity index (χ2v) is 6.02. The summed E-state index contributed by atoms with van der Waals surface area (Å²) in [6.45, 7) is 6.76.